The molecule has 0 aromatic heterocycles. The van der Waals surface area contributed by atoms with Crippen molar-refractivity contribution in [3.8, 4) is 0 Å². The van der Waals surface area contributed by atoms with Gasteiger partial charge in [-0.3, -0.25) is 14.4 Å². The maximum absolute atomic E-state index is 13.5. The van der Waals surface area contributed by atoms with Crippen LogP contribution in [0.4, 0.5) is 22.4 Å². The molecule has 10 nitrogen and oxygen atoms in total. The number of carbonyl (C=O) groups excluding carboxylic acids is 3. The van der Waals surface area contributed by atoms with Crippen molar-refractivity contribution in [3.05, 3.63) is 71.0 Å². The van der Waals surface area contributed by atoms with Crippen molar-refractivity contribution < 1.29 is 41.8 Å². The Bertz CT molecular complexity index is 1290. The Morgan fingerprint density at radius 1 is 1.07 bits per heavy atom. The molecule has 0 spiro atoms. The van der Waals surface area contributed by atoms with Crippen molar-refractivity contribution in [2.75, 3.05) is 20.1 Å². The summed E-state index contributed by atoms with van der Waals surface area (Å²) in [6, 6.07) is 8.03. The number of aliphatic carboxylic acids is 1. The van der Waals surface area contributed by atoms with Crippen LogP contribution in [-0.2, 0) is 33.6 Å². The van der Waals surface area contributed by atoms with E-state index in [1.807, 2.05) is 0 Å². The van der Waals surface area contributed by atoms with Gasteiger partial charge in [0.1, 0.15) is 18.0 Å². The van der Waals surface area contributed by atoms with Crippen LogP contribution in [0.1, 0.15) is 29.5 Å². The number of carboxylic acids is 1. The van der Waals surface area contributed by atoms with Crippen LogP contribution < -0.4 is 5.32 Å². The third-order valence-electron chi connectivity index (χ3n) is 6.76. The van der Waals surface area contributed by atoms with Crippen molar-refractivity contribution in [1.29, 1.82) is 0 Å². The van der Waals surface area contributed by atoms with Gasteiger partial charge < -0.3 is 20.2 Å². The zero-order valence-corrected chi connectivity index (χ0v) is 21.4. The first-order chi connectivity index (χ1) is 18.8. The highest BCUT2D eigenvalue weighted by Gasteiger charge is 2.50. The Kier molecular flexibility index (Phi) is 8.28. The summed E-state index contributed by atoms with van der Waals surface area (Å²) in [5, 5.41) is 14.5. The summed E-state index contributed by atoms with van der Waals surface area (Å²) >= 11 is 0. The lowest BCUT2D eigenvalue weighted by atomic mass is 10.0. The lowest BCUT2D eigenvalue weighted by Crippen LogP contribution is -2.75. The van der Waals surface area contributed by atoms with Gasteiger partial charge >= 0.3 is 18.2 Å². The van der Waals surface area contributed by atoms with E-state index in [1.165, 1.54) is 63.3 Å². The normalized spacial score (nSPS) is 20.0. The molecule has 4 amide bonds. The second kappa shape index (κ2) is 11.5. The Morgan fingerprint density at radius 3 is 2.42 bits per heavy atom. The fraction of sp³-hybridized carbons (Fsp3) is 0.385. The Morgan fingerprint density at radius 2 is 1.77 bits per heavy atom. The third kappa shape index (κ3) is 6.33. The fourth-order valence-corrected chi connectivity index (χ4v) is 4.91. The quantitative estimate of drug-likeness (QED) is 0.500. The molecule has 0 bridgehead atoms. The number of hydrogen-bond acceptors (Lipinski definition) is 5. The van der Waals surface area contributed by atoms with Gasteiger partial charge in [0.25, 0.3) is 0 Å². The summed E-state index contributed by atoms with van der Waals surface area (Å²) < 4.78 is 53.0. The van der Waals surface area contributed by atoms with Crippen LogP contribution in [0.2, 0.25) is 0 Å². The molecule has 0 aliphatic carbocycles. The summed E-state index contributed by atoms with van der Waals surface area (Å²) in [6.07, 6.45) is -6.34. The number of hydrazine groups is 1. The lowest BCUT2D eigenvalue weighted by molar-refractivity contribution is -0.188. The standard InChI is InChI=1S/C26H27F4N5O5/c1-32-15-22(36)34-20(9-10-23(37)38)24(39)33(13-17-3-2-4-18(11-17)26(28,29)30)14-21(34)35(32)25(40)31-12-16-5-7-19(27)8-6-16/h2-8,11,20-21H,9-10,12-15H2,1H3,(H,31,40)(H,37,38)/t20-,21-/m0/s1. The molecule has 214 valence electrons. The Hall–Kier alpha value is -4.20. The van der Waals surface area contributed by atoms with Gasteiger partial charge in [-0.1, -0.05) is 24.3 Å². The molecule has 2 fully saturated rings. The molecule has 2 aliphatic heterocycles. The first kappa shape index (κ1) is 28.8. The number of nitrogens with zero attached hydrogens (tertiary/aromatic N) is 4. The van der Waals surface area contributed by atoms with Crippen molar-refractivity contribution >= 4 is 23.8 Å². The number of benzene rings is 2. The molecular weight excluding hydrogens is 538 g/mol. The summed E-state index contributed by atoms with van der Waals surface area (Å²) in [4.78, 5) is 53.6. The van der Waals surface area contributed by atoms with Gasteiger partial charge in [-0.05, 0) is 41.8 Å². The highest BCUT2D eigenvalue weighted by molar-refractivity contribution is 5.91. The molecule has 4 rings (SSSR count). The third-order valence-corrected chi connectivity index (χ3v) is 6.76. The second-order valence-electron chi connectivity index (χ2n) is 9.59. The van der Waals surface area contributed by atoms with E-state index in [9.17, 15) is 41.8 Å². The van der Waals surface area contributed by atoms with E-state index in [0.29, 0.717) is 5.56 Å². The van der Waals surface area contributed by atoms with Gasteiger partial charge in [-0.15, -0.1) is 0 Å². The molecule has 2 heterocycles. The van der Waals surface area contributed by atoms with Crippen LogP contribution in [0.3, 0.4) is 0 Å². The minimum atomic E-state index is -4.60. The number of likely N-dealkylation sites (N-methyl/N-ethyl adjacent to an activating group) is 1. The predicted molar refractivity (Wildman–Crippen MR) is 131 cm³/mol. The Balaban J connectivity index is 1.62. The maximum atomic E-state index is 13.5. The fourth-order valence-electron chi connectivity index (χ4n) is 4.91. The van der Waals surface area contributed by atoms with Gasteiger partial charge in [0.2, 0.25) is 11.8 Å². The number of piperazine rings is 1. The summed E-state index contributed by atoms with van der Waals surface area (Å²) in [6.45, 7) is -0.720. The van der Waals surface area contributed by atoms with Crippen molar-refractivity contribution in [1.82, 2.24) is 25.1 Å². The molecule has 0 unspecified atom stereocenters. The average Bonchev–Trinajstić information content (AvgIpc) is 2.88. The summed E-state index contributed by atoms with van der Waals surface area (Å²) in [5.74, 6) is -2.77. The summed E-state index contributed by atoms with van der Waals surface area (Å²) in [5.41, 5.74) is -0.115. The van der Waals surface area contributed by atoms with Gasteiger partial charge in [0.05, 0.1) is 18.7 Å². The summed E-state index contributed by atoms with van der Waals surface area (Å²) in [7, 11) is 1.49. The van der Waals surface area contributed by atoms with Gasteiger partial charge in [-0.2, -0.15) is 13.2 Å². The first-order valence-electron chi connectivity index (χ1n) is 12.4. The SMILES string of the molecule is CN1CC(=O)N2[C@@H](CCC(=O)O)C(=O)N(Cc3cccc(C(F)(F)F)c3)C[C@@H]2N1C(=O)NCc1ccc(F)cc1. The monoisotopic (exact) mass is 565 g/mol. The second-order valence-corrected chi connectivity index (χ2v) is 9.59. The number of alkyl halides is 3. The van der Waals surface area contributed by atoms with Crippen LogP contribution in [0.25, 0.3) is 0 Å². The van der Waals surface area contributed by atoms with E-state index in [4.69, 9.17) is 0 Å². The molecule has 0 saturated carbocycles. The number of urea groups is 1. The van der Waals surface area contributed by atoms with E-state index >= 15 is 0 Å². The zero-order chi connectivity index (χ0) is 29.2. The van der Waals surface area contributed by atoms with Crippen LogP contribution in [0.15, 0.2) is 48.5 Å². The molecular formula is C26H27F4N5O5. The number of amides is 4. The molecule has 14 heteroatoms. The molecule has 40 heavy (non-hydrogen) atoms. The number of halogens is 4. The lowest BCUT2D eigenvalue weighted by Gasteiger charge is -2.54. The molecule has 2 aliphatic rings. The minimum absolute atomic E-state index is 0.0272. The van der Waals surface area contributed by atoms with Crippen LogP contribution in [-0.4, -0.2) is 81.1 Å². The topological polar surface area (TPSA) is 114 Å². The molecule has 2 N–H and O–H groups in total. The molecule has 2 aromatic carbocycles. The highest BCUT2D eigenvalue weighted by Crippen LogP contribution is 2.32. The van der Waals surface area contributed by atoms with E-state index in [1.54, 1.807) is 0 Å². The molecule has 2 saturated heterocycles. The van der Waals surface area contributed by atoms with Crippen LogP contribution in [0, 0.1) is 5.82 Å². The molecule has 2 aromatic rings. The van der Waals surface area contributed by atoms with Crippen LogP contribution >= 0.6 is 0 Å². The smallest absolute Gasteiger partial charge is 0.416 e. The maximum Gasteiger partial charge on any atom is 0.416 e. The Labute approximate surface area is 226 Å². The first-order valence-corrected chi connectivity index (χ1v) is 12.4. The number of rotatable bonds is 7. The number of hydrogen-bond donors (Lipinski definition) is 2. The van der Waals surface area contributed by atoms with Gasteiger partial charge in [-0.25, -0.2) is 19.2 Å². The number of nitrogens with one attached hydrogen (secondary N) is 1. The van der Waals surface area contributed by atoms with Crippen molar-refractivity contribution in [2.24, 2.45) is 0 Å². The number of carboxylic acid groups (broad SMARTS) is 1. The molecule has 2 atom stereocenters. The minimum Gasteiger partial charge on any atom is -0.481 e. The largest absolute Gasteiger partial charge is 0.481 e. The van der Waals surface area contributed by atoms with Crippen LogP contribution in [0.5, 0.6) is 0 Å². The average molecular weight is 566 g/mol. The highest BCUT2D eigenvalue weighted by atomic mass is 19.4. The van der Waals surface area contributed by atoms with E-state index in [0.717, 1.165) is 12.1 Å². The van der Waals surface area contributed by atoms with E-state index < -0.39 is 60.0 Å². The van der Waals surface area contributed by atoms with E-state index in [-0.39, 0.29) is 38.2 Å². The van der Waals surface area contributed by atoms with Gasteiger partial charge in [0.15, 0.2) is 0 Å². The predicted octanol–water partition coefficient (Wildman–Crippen LogP) is 2.65. The van der Waals surface area contributed by atoms with E-state index in [2.05, 4.69) is 5.32 Å². The van der Waals surface area contributed by atoms with Gasteiger partial charge in [0, 0.05) is 26.6 Å². The van der Waals surface area contributed by atoms with Crippen molar-refractivity contribution in [3.63, 3.8) is 0 Å². The number of carbonyl (C=O) groups is 4. The number of fused-ring (bicyclic) bond motifs is 1. The zero-order valence-electron chi connectivity index (χ0n) is 21.4. The molecule has 0 radical (unpaired) electrons. The van der Waals surface area contributed by atoms with Crippen molar-refractivity contribution in [2.45, 2.75) is 44.3 Å².